The van der Waals surface area contributed by atoms with Crippen LogP contribution in [-0.4, -0.2) is 11.9 Å². The first-order chi connectivity index (χ1) is 31.5. The van der Waals surface area contributed by atoms with E-state index in [1.54, 1.807) is 0 Å². The Hall–Kier alpha value is -0.437. The van der Waals surface area contributed by atoms with Crippen molar-refractivity contribution in [3.05, 3.63) is 0 Å². The van der Waals surface area contributed by atoms with Crippen LogP contribution in [0.15, 0.2) is 0 Å². The number of carboxylic acid groups (broad SMARTS) is 2. The van der Waals surface area contributed by atoms with Crippen LogP contribution in [-0.2, 0) is 29.1 Å². The van der Waals surface area contributed by atoms with Crippen molar-refractivity contribution < 1.29 is 39.3 Å². The monoisotopic (exact) mass is 967 g/mol. The van der Waals surface area contributed by atoms with E-state index in [1.165, 1.54) is 321 Å². The molecule has 0 saturated heterocycles. The first kappa shape index (κ1) is 68.8. The van der Waals surface area contributed by atoms with E-state index in [9.17, 15) is 19.8 Å². The summed E-state index contributed by atoms with van der Waals surface area (Å²) in [5.41, 5.74) is 0. The molecule has 0 aliphatic rings. The van der Waals surface area contributed by atoms with Crippen molar-refractivity contribution in [2.24, 2.45) is 0 Å². The summed E-state index contributed by atoms with van der Waals surface area (Å²) in [7, 11) is 0. The molecule has 0 unspecified atom stereocenters. The van der Waals surface area contributed by atoms with Gasteiger partial charge in [-0.2, -0.15) is 0 Å². The molecule has 0 N–H and O–H groups in total. The number of carbonyl (C=O) groups excluding carboxylic acids is 2. The van der Waals surface area contributed by atoms with E-state index in [2.05, 4.69) is 13.8 Å². The van der Waals surface area contributed by atoms with Gasteiger partial charge in [0, 0.05) is 11.9 Å². The summed E-state index contributed by atoms with van der Waals surface area (Å²) in [4.78, 5) is 20.7. The first-order valence-corrected chi connectivity index (χ1v) is 29.9. The van der Waals surface area contributed by atoms with E-state index in [4.69, 9.17) is 0 Å². The third-order valence-corrected chi connectivity index (χ3v) is 14.0. The van der Waals surface area contributed by atoms with Crippen LogP contribution in [0.4, 0.5) is 0 Å². The molecule has 0 fully saturated rings. The Balaban J connectivity index is -0.00000116. The van der Waals surface area contributed by atoms with Crippen molar-refractivity contribution in [1.82, 2.24) is 0 Å². The van der Waals surface area contributed by atoms with Crippen LogP contribution in [0, 0.1) is 0 Å². The molecule has 0 amide bonds. The Kier molecular flexibility index (Phi) is 69.5. The molecule has 4 nitrogen and oxygen atoms in total. The predicted octanol–water partition coefficient (Wildman–Crippen LogP) is 19.4. The van der Waals surface area contributed by atoms with Crippen LogP contribution in [0.1, 0.15) is 373 Å². The molecule has 0 heterocycles. The maximum Gasteiger partial charge on any atom is 2.00 e. The molecule has 0 saturated carbocycles. The summed E-state index contributed by atoms with van der Waals surface area (Å²) in [6.45, 7) is 4.59. The van der Waals surface area contributed by atoms with E-state index in [0.717, 1.165) is 25.7 Å². The minimum absolute atomic E-state index is 0. The minimum Gasteiger partial charge on any atom is -0.550 e. The van der Waals surface area contributed by atoms with Gasteiger partial charge in [-0.05, 0) is 25.7 Å². The van der Waals surface area contributed by atoms with Gasteiger partial charge in [0.05, 0.1) is 0 Å². The quantitative estimate of drug-likeness (QED) is 0.0449. The van der Waals surface area contributed by atoms with Gasteiger partial charge >= 0.3 is 19.5 Å². The van der Waals surface area contributed by atoms with Gasteiger partial charge in [0.2, 0.25) is 0 Å². The van der Waals surface area contributed by atoms with Crippen molar-refractivity contribution in [3.63, 3.8) is 0 Å². The summed E-state index contributed by atoms with van der Waals surface area (Å²) < 4.78 is 0. The molecule has 0 aromatic rings. The molecule has 0 rings (SSSR count). The van der Waals surface area contributed by atoms with Crippen molar-refractivity contribution >= 4 is 11.9 Å². The Morgan fingerprint density at radius 1 is 0.200 bits per heavy atom. The maximum atomic E-state index is 10.3. The maximum absolute atomic E-state index is 10.3. The van der Waals surface area contributed by atoms with Gasteiger partial charge in [0.15, 0.2) is 0 Å². The van der Waals surface area contributed by atoms with Crippen LogP contribution in [0.3, 0.4) is 0 Å². The average Bonchev–Trinajstić information content (AvgIpc) is 3.28. The molecule has 65 heavy (non-hydrogen) atoms. The number of hydrogen-bond donors (Lipinski definition) is 0. The summed E-state index contributed by atoms with van der Waals surface area (Å²) in [5.74, 6) is -1.80. The third-order valence-electron chi connectivity index (χ3n) is 14.0. The molecule has 0 atom stereocenters. The van der Waals surface area contributed by atoms with Crippen LogP contribution in [0.5, 0.6) is 0 Å². The number of unbranched alkanes of at least 4 members (excludes halogenated alkanes) is 52. The molecule has 384 valence electrons. The molecular formula is C60H118O4Zn. The van der Waals surface area contributed by atoms with Gasteiger partial charge < -0.3 is 19.8 Å². The van der Waals surface area contributed by atoms with Crippen LogP contribution < -0.4 is 10.2 Å². The van der Waals surface area contributed by atoms with E-state index in [0.29, 0.717) is 0 Å². The second-order valence-electron chi connectivity index (χ2n) is 20.6. The summed E-state index contributed by atoms with van der Waals surface area (Å²) in [5, 5.41) is 20.7. The molecule has 0 aromatic heterocycles. The normalized spacial score (nSPS) is 11.1. The number of carbonyl (C=O) groups is 2. The van der Waals surface area contributed by atoms with Crippen molar-refractivity contribution in [1.29, 1.82) is 0 Å². The Morgan fingerprint density at radius 2 is 0.292 bits per heavy atom. The second kappa shape index (κ2) is 65.6. The van der Waals surface area contributed by atoms with E-state index in [1.807, 2.05) is 0 Å². The van der Waals surface area contributed by atoms with Crippen LogP contribution in [0.2, 0.25) is 0 Å². The Labute approximate surface area is 422 Å². The molecule has 0 spiro atoms. The molecule has 0 radical (unpaired) electrons. The average molecular weight is 969 g/mol. The fourth-order valence-electron chi connectivity index (χ4n) is 9.52. The van der Waals surface area contributed by atoms with Gasteiger partial charge in [-0.3, -0.25) is 0 Å². The van der Waals surface area contributed by atoms with Crippen LogP contribution in [0.25, 0.3) is 0 Å². The SMILES string of the molecule is CCCCCCCCCCCCCCCCCCCCCCCCCCCCCC(=O)[O-].CCCCCCCCCCCCCCCCCCCCCCCCCCCCCC(=O)[O-].[Zn+2]. The summed E-state index contributed by atoms with van der Waals surface area (Å²) in [6, 6.07) is 0. The van der Waals surface area contributed by atoms with Crippen molar-refractivity contribution in [2.75, 3.05) is 0 Å². The predicted molar refractivity (Wildman–Crippen MR) is 280 cm³/mol. The van der Waals surface area contributed by atoms with E-state index >= 15 is 0 Å². The van der Waals surface area contributed by atoms with Gasteiger partial charge in [0.25, 0.3) is 0 Å². The summed E-state index contributed by atoms with van der Waals surface area (Å²) >= 11 is 0. The van der Waals surface area contributed by atoms with Crippen molar-refractivity contribution in [3.8, 4) is 0 Å². The number of carboxylic acids is 2. The zero-order chi connectivity index (χ0) is 46.8. The number of aliphatic carboxylic acids is 2. The molecule has 0 aliphatic heterocycles. The zero-order valence-electron chi connectivity index (χ0n) is 44.9. The number of hydrogen-bond acceptors (Lipinski definition) is 4. The van der Waals surface area contributed by atoms with Gasteiger partial charge in [-0.25, -0.2) is 0 Å². The first-order valence-electron chi connectivity index (χ1n) is 29.9. The molecule has 5 heteroatoms. The molecule has 0 bridgehead atoms. The summed E-state index contributed by atoms with van der Waals surface area (Å²) in [6.07, 6.45) is 75.2. The van der Waals surface area contributed by atoms with E-state index in [-0.39, 0.29) is 32.3 Å². The van der Waals surface area contributed by atoms with E-state index < -0.39 is 11.9 Å². The Bertz CT molecular complexity index is 781. The van der Waals surface area contributed by atoms with Gasteiger partial charge in [0.1, 0.15) is 0 Å². The third kappa shape index (κ3) is 72.7. The standard InChI is InChI=1S/2C30H60O2.Zn/c2*1-2-3-4-5-6-7-8-9-10-11-12-13-14-15-16-17-18-19-20-21-22-23-24-25-26-27-28-29-30(31)32;/h2*2-29H2,1H3,(H,31,32);/q;;+2/p-2. The smallest absolute Gasteiger partial charge is 0.550 e. The molecule has 0 aliphatic carbocycles. The number of rotatable bonds is 56. The van der Waals surface area contributed by atoms with Gasteiger partial charge in [-0.15, -0.1) is 0 Å². The molecule has 0 aromatic carbocycles. The minimum atomic E-state index is -0.899. The largest absolute Gasteiger partial charge is 2.00 e. The van der Waals surface area contributed by atoms with Crippen LogP contribution >= 0.6 is 0 Å². The van der Waals surface area contributed by atoms with Gasteiger partial charge in [-0.1, -0.05) is 348 Å². The Morgan fingerprint density at radius 3 is 0.385 bits per heavy atom. The topological polar surface area (TPSA) is 80.3 Å². The fourth-order valence-corrected chi connectivity index (χ4v) is 9.52. The fraction of sp³-hybridized carbons (Fsp3) is 0.967. The van der Waals surface area contributed by atoms with Crippen molar-refractivity contribution in [2.45, 2.75) is 373 Å². The zero-order valence-corrected chi connectivity index (χ0v) is 47.9. The molecular weight excluding hydrogens is 850 g/mol. The second-order valence-corrected chi connectivity index (χ2v) is 20.6.